The molecule has 1 nitrogen and oxygen atoms in total. The van der Waals surface area contributed by atoms with Crippen LogP contribution in [0, 0.1) is 17.2 Å². The van der Waals surface area contributed by atoms with Gasteiger partial charge in [-0.3, -0.25) is 0 Å². The largest absolute Gasteiger partial charge is 0.198 e. The van der Waals surface area contributed by atoms with E-state index >= 15 is 0 Å². The Morgan fingerprint density at radius 3 is 2.60 bits per heavy atom. The van der Waals surface area contributed by atoms with Crippen LogP contribution >= 0.6 is 23.2 Å². The zero-order valence-electron chi connectivity index (χ0n) is 5.98. The molecule has 0 aromatic rings. The molecule has 0 unspecified atom stereocenters. The van der Waals surface area contributed by atoms with Crippen molar-refractivity contribution in [2.75, 3.05) is 0 Å². The molecule has 0 spiro atoms. The van der Waals surface area contributed by atoms with Gasteiger partial charge in [-0.05, 0) is 13.3 Å². The van der Waals surface area contributed by atoms with E-state index in [0.717, 1.165) is 12.5 Å². The topological polar surface area (TPSA) is 23.8 Å². The summed E-state index contributed by atoms with van der Waals surface area (Å²) in [6.45, 7) is 1.92. The Bertz CT molecular complexity index is 121. The van der Waals surface area contributed by atoms with Crippen LogP contribution in [0.25, 0.3) is 0 Å². The lowest BCUT2D eigenvalue weighted by Crippen LogP contribution is -2.02. The second kappa shape index (κ2) is 6.03. The van der Waals surface area contributed by atoms with Gasteiger partial charge in [-0.25, -0.2) is 0 Å². The second-order valence-electron chi connectivity index (χ2n) is 2.35. The number of hydrogen-bond acceptors (Lipinski definition) is 1. The number of nitrogens with zero attached hydrogens (tertiary/aromatic N) is 1. The highest BCUT2D eigenvalue weighted by Crippen LogP contribution is 2.08. The highest BCUT2D eigenvalue weighted by atomic mass is 35.5. The van der Waals surface area contributed by atoms with Gasteiger partial charge in [0.15, 0.2) is 0 Å². The lowest BCUT2D eigenvalue weighted by Gasteiger charge is -2.00. The van der Waals surface area contributed by atoms with Gasteiger partial charge >= 0.3 is 0 Å². The van der Waals surface area contributed by atoms with Crippen molar-refractivity contribution in [3.63, 3.8) is 0 Å². The number of hydrogen-bond donors (Lipinski definition) is 0. The minimum Gasteiger partial charge on any atom is -0.198 e. The summed E-state index contributed by atoms with van der Waals surface area (Å²) in [7, 11) is -0.326. The average molecular weight is 196 g/mol. The first kappa shape index (κ1) is 10.3. The van der Waals surface area contributed by atoms with Gasteiger partial charge in [0.25, 0.3) is 0 Å². The summed E-state index contributed by atoms with van der Waals surface area (Å²) in [6.07, 6.45) is 0.957. The molecule has 0 bridgehead atoms. The molecule has 0 aliphatic rings. The number of rotatable bonds is 4. The van der Waals surface area contributed by atoms with Crippen LogP contribution in [0.2, 0.25) is 6.04 Å². The Kier molecular flexibility index (Phi) is 6.20. The first-order valence-electron chi connectivity index (χ1n) is 3.34. The van der Waals surface area contributed by atoms with Crippen molar-refractivity contribution in [1.82, 2.24) is 0 Å². The maximum absolute atomic E-state index is 8.40. The fraction of sp³-hybridized carbons (Fsp3) is 0.833. The zero-order valence-corrected chi connectivity index (χ0v) is 8.91. The third kappa shape index (κ3) is 6.41. The summed E-state index contributed by atoms with van der Waals surface area (Å²) in [5.74, 6) is 0.166. The Morgan fingerprint density at radius 2 is 2.20 bits per heavy atom. The fourth-order valence-electron chi connectivity index (χ4n) is 0.643. The van der Waals surface area contributed by atoms with E-state index in [0.29, 0.717) is 0 Å². The monoisotopic (exact) mass is 195 g/mol. The molecule has 1 atom stereocenters. The Balaban J connectivity index is 3.13. The van der Waals surface area contributed by atoms with E-state index in [1.165, 1.54) is 0 Å². The van der Waals surface area contributed by atoms with Crippen LogP contribution in [-0.4, -0.2) is 14.0 Å². The van der Waals surface area contributed by atoms with Gasteiger partial charge in [-0.15, -0.1) is 23.2 Å². The molecule has 0 amide bonds. The molecule has 58 valence electrons. The number of halogens is 2. The molecule has 0 radical (unpaired) electrons. The number of nitriles is 1. The second-order valence-corrected chi connectivity index (χ2v) is 6.77. The summed E-state index contributed by atoms with van der Waals surface area (Å²) in [5, 5.41) is 8.40. The molecule has 0 aromatic carbocycles. The molecular weight excluding hydrogens is 185 g/mol. The molecule has 0 aromatic heterocycles. The van der Waals surface area contributed by atoms with Gasteiger partial charge in [0, 0.05) is 5.92 Å². The van der Waals surface area contributed by atoms with Crippen LogP contribution in [0.5, 0.6) is 0 Å². The van der Waals surface area contributed by atoms with Crippen molar-refractivity contribution >= 4 is 32.7 Å². The lowest BCUT2D eigenvalue weighted by molar-refractivity contribution is 0.710. The summed E-state index contributed by atoms with van der Waals surface area (Å²) >= 11 is 11.1. The van der Waals surface area contributed by atoms with E-state index in [9.17, 15) is 0 Å². The van der Waals surface area contributed by atoms with Crippen molar-refractivity contribution < 1.29 is 0 Å². The molecule has 0 rings (SSSR count). The summed E-state index contributed by atoms with van der Waals surface area (Å²) < 4.78 is -0.133. The lowest BCUT2D eigenvalue weighted by atomic mass is 10.1. The van der Waals surface area contributed by atoms with E-state index in [-0.39, 0.29) is 19.9 Å². The highest BCUT2D eigenvalue weighted by Gasteiger charge is 2.02. The van der Waals surface area contributed by atoms with Crippen LogP contribution in [0.4, 0.5) is 0 Å². The van der Waals surface area contributed by atoms with Gasteiger partial charge in [-0.2, -0.15) is 5.26 Å². The van der Waals surface area contributed by atoms with Crippen molar-refractivity contribution in [3.05, 3.63) is 0 Å². The molecule has 4 heteroatoms. The first-order chi connectivity index (χ1) is 4.66. The molecule has 0 saturated carbocycles. The molecule has 0 heterocycles. The normalized spacial score (nSPS) is 14.3. The quantitative estimate of drug-likeness (QED) is 0.497. The standard InChI is InChI=1S/C6H11Cl2NSi/c1-5(4-9)2-3-10-6(7)8/h5-6H,2-3,10H2,1H3/t5-/m1/s1. The van der Waals surface area contributed by atoms with Gasteiger partial charge in [0.1, 0.15) is 0 Å². The summed E-state index contributed by atoms with van der Waals surface area (Å²) in [4.78, 5) is 0. The predicted octanol–water partition coefficient (Wildman–Crippen LogP) is 1.88. The van der Waals surface area contributed by atoms with E-state index in [4.69, 9.17) is 28.5 Å². The van der Waals surface area contributed by atoms with Crippen molar-refractivity contribution in [2.24, 2.45) is 5.92 Å². The molecule has 0 aliphatic heterocycles. The molecule has 0 fully saturated rings. The van der Waals surface area contributed by atoms with Crippen LogP contribution in [0.1, 0.15) is 13.3 Å². The average Bonchev–Trinajstić information content (AvgIpc) is 1.87. The Labute approximate surface area is 74.1 Å². The molecular formula is C6H11Cl2NSi. The molecule has 0 aliphatic carbocycles. The van der Waals surface area contributed by atoms with Crippen LogP contribution in [-0.2, 0) is 0 Å². The maximum Gasteiger partial charge on any atom is 0.0908 e. The Morgan fingerprint density at radius 1 is 1.60 bits per heavy atom. The molecule has 0 N–H and O–H groups in total. The smallest absolute Gasteiger partial charge is 0.0908 e. The summed E-state index contributed by atoms with van der Waals surface area (Å²) in [5.41, 5.74) is 0. The van der Waals surface area contributed by atoms with Gasteiger partial charge in [0.05, 0.1) is 20.0 Å². The number of alkyl halides is 2. The third-order valence-corrected chi connectivity index (χ3v) is 3.84. The third-order valence-electron chi connectivity index (χ3n) is 1.28. The van der Waals surface area contributed by atoms with E-state index in [2.05, 4.69) is 6.07 Å². The SMILES string of the molecule is C[C@@H](C#N)CC[SiH2]C(Cl)Cl. The van der Waals surface area contributed by atoms with E-state index < -0.39 is 0 Å². The van der Waals surface area contributed by atoms with Crippen molar-refractivity contribution in [1.29, 1.82) is 5.26 Å². The van der Waals surface area contributed by atoms with Crippen molar-refractivity contribution in [2.45, 2.75) is 23.8 Å². The Hall–Kier alpha value is 0.287. The zero-order chi connectivity index (χ0) is 7.98. The highest BCUT2D eigenvalue weighted by molar-refractivity contribution is 6.68. The minimum absolute atomic E-state index is 0.133. The van der Waals surface area contributed by atoms with E-state index in [1.54, 1.807) is 0 Å². The molecule has 0 saturated heterocycles. The predicted molar refractivity (Wildman–Crippen MR) is 48.2 cm³/mol. The van der Waals surface area contributed by atoms with E-state index in [1.807, 2.05) is 6.92 Å². The van der Waals surface area contributed by atoms with Crippen LogP contribution < -0.4 is 0 Å². The van der Waals surface area contributed by atoms with Crippen LogP contribution in [0.15, 0.2) is 0 Å². The van der Waals surface area contributed by atoms with Crippen LogP contribution in [0.3, 0.4) is 0 Å². The fourth-order valence-corrected chi connectivity index (χ4v) is 2.73. The van der Waals surface area contributed by atoms with Crippen molar-refractivity contribution in [3.8, 4) is 6.07 Å². The summed E-state index contributed by atoms with van der Waals surface area (Å²) in [6, 6.07) is 3.25. The van der Waals surface area contributed by atoms with Gasteiger partial charge < -0.3 is 0 Å². The molecule has 10 heavy (non-hydrogen) atoms. The minimum atomic E-state index is -0.326. The van der Waals surface area contributed by atoms with Gasteiger partial charge in [-0.1, -0.05) is 6.04 Å². The van der Waals surface area contributed by atoms with Gasteiger partial charge in [0.2, 0.25) is 0 Å². The maximum atomic E-state index is 8.40. The first-order valence-corrected chi connectivity index (χ1v) is 6.03.